The molecule has 5 heteroatoms. The van der Waals surface area contributed by atoms with Crippen LogP contribution >= 0.6 is 11.3 Å². The molecule has 0 saturated carbocycles. The van der Waals surface area contributed by atoms with Crippen LogP contribution in [-0.2, 0) is 17.6 Å². The minimum absolute atomic E-state index is 0.119. The molecule has 0 N–H and O–H groups in total. The Morgan fingerprint density at radius 3 is 3.00 bits per heavy atom. The van der Waals surface area contributed by atoms with Crippen LogP contribution in [0, 0.1) is 6.92 Å². The molecule has 4 rings (SSSR count). The number of carbonyl (C=O) groups excluding carboxylic acids is 1. The number of fused-ring (bicyclic) bond motifs is 1. The van der Waals surface area contributed by atoms with E-state index in [9.17, 15) is 4.79 Å². The van der Waals surface area contributed by atoms with Crippen molar-refractivity contribution in [1.29, 1.82) is 0 Å². The summed E-state index contributed by atoms with van der Waals surface area (Å²) in [6.45, 7) is 2.86. The minimum atomic E-state index is 0.119. The molecule has 1 aromatic carbocycles. The maximum Gasteiger partial charge on any atom is 0.233 e. The zero-order valence-electron chi connectivity index (χ0n) is 14.1. The van der Waals surface area contributed by atoms with Crippen LogP contribution in [0.5, 0.6) is 0 Å². The first-order valence-electron chi connectivity index (χ1n) is 8.47. The molecular formula is C20H19N3OS. The molecule has 1 aliphatic rings. The molecule has 25 heavy (non-hydrogen) atoms. The number of anilines is 1. The van der Waals surface area contributed by atoms with E-state index >= 15 is 0 Å². The third-order valence-corrected chi connectivity index (χ3v) is 5.40. The van der Waals surface area contributed by atoms with Gasteiger partial charge in [-0.2, -0.15) is 0 Å². The van der Waals surface area contributed by atoms with Gasteiger partial charge in [0, 0.05) is 23.8 Å². The van der Waals surface area contributed by atoms with Gasteiger partial charge in [-0.05, 0) is 43.0 Å². The minimum Gasteiger partial charge on any atom is -0.312 e. The highest BCUT2D eigenvalue weighted by Gasteiger charge is 2.24. The monoisotopic (exact) mass is 349 g/mol. The second-order valence-corrected chi connectivity index (χ2v) is 7.13. The van der Waals surface area contributed by atoms with Gasteiger partial charge in [-0.15, -0.1) is 11.3 Å². The van der Waals surface area contributed by atoms with Crippen LogP contribution in [0.1, 0.15) is 23.2 Å². The zero-order chi connectivity index (χ0) is 17.2. The van der Waals surface area contributed by atoms with Crippen LogP contribution in [0.15, 0.2) is 48.0 Å². The Bertz CT molecular complexity index is 904. The summed E-state index contributed by atoms with van der Waals surface area (Å²) in [5, 5.41) is 2.82. The number of pyridine rings is 1. The van der Waals surface area contributed by atoms with Gasteiger partial charge in [0.2, 0.25) is 5.91 Å². The van der Waals surface area contributed by atoms with E-state index in [0.717, 1.165) is 47.0 Å². The molecule has 126 valence electrons. The first-order chi connectivity index (χ1) is 12.2. The number of nitrogens with zero attached hydrogens (tertiary/aromatic N) is 3. The predicted molar refractivity (Wildman–Crippen MR) is 101 cm³/mol. The summed E-state index contributed by atoms with van der Waals surface area (Å²) < 4.78 is 0. The number of aromatic nitrogens is 2. The number of para-hydroxylation sites is 1. The normalized spacial score (nSPS) is 13.6. The number of thiazole rings is 1. The van der Waals surface area contributed by atoms with Gasteiger partial charge in [0.25, 0.3) is 0 Å². The Hall–Kier alpha value is -2.53. The van der Waals surface area contributed by atoms with Crippen LogP contribution in [0.4, 0.5) is 5.69 Å². The summed E-state index contributed by atoms with van der Waals surface area (Å²) in [7, 11) is 0. The van der Waals surface area contributed by atoms with E-state index in [-0.39, 0.29) is 5.91 Å². The number of amides is 1. The average Bonchev–Trinajstić information content (AvgIpc) is 3.11. The topological polar surface area (TPSA) is 46.1 Å². The predicted octanol–water partition coefficient (Wildman–Crippen LogP) is 4.04. The van der Waals surface area contributed by atoms with Gasteiger partial charge in [0.05, 0.1) is 17.8 Å². The number of hydrogen-bond donors (Lipinski definition) is 0. The van der Waals surface area contributed by atoms with E-state index in [1.54, 1.807) is 6.20 Å². The van der Waals surface area contributed by atoms with Crippen molar-refractivity contribution >= 4 is 22.9 Å². The molecule has 3 aromatic rings. The second kappa shape index (κ2) is 6.76. The molecular weight excluding hydrogens is 330 g/mol. The fourth-order valence-electron chi connectivity index (χ4n) is 3.34. The van der Waals surface area contributed by atoms with E-state index in [1.807, 2.05) is 28.5 Å². The summed E-state index contributed by atoms with van der Waals surface area (Å²) in [6.07, 6.45) is 4.14. The Kier molecular flexibility index (Phi) is 4.32. The number of aryl methyl sites for hydroxylation is 2. The summed E-state index contributed by atoms with van der Waals surface area (Å²) >= 11 is 1.54. The molecule has 1 aliphatic heterocycles. The van der Waals surface area contributed by atoms with Crippen LogP contribution in [0.2, 0.25) is 0 Å². The van der Waals surface area contributed by atoms with E-state index in [1.165, 1.54) is 16.9 Å². The standard InChI is InChI=1S/C20H19N3OS/c1-14-6-4-7-15-8-5-11-23(19(14)15)18(24)12-16-13-25-20(22-16)17-9-2-3-10-21-17/h2-4,6-7,9-10,13H,5,8,11-12H2,1H3. The van der Waals surface area contributed by atoms with Crippen molar-refractivity contribution in [3.8, 4) is 10.7 Å². The maximum atomic E-state index is 12.9. The SMILES string of the molecule is Cc1cccc2c1N(C(=O)Cc1csc(-c3ccccn3)n1)CCC2. The van der Waals surface area contributed by atoms with Crippen molar-refractivity contribution < 1.29 is 4.79 Å². The highest BCUT2D eigenvalue weighted by Crippen LogP contribution is 2.31. The van der Waals surface area contributed by atoms with Crippen LogP contribution < -0.4 is 4.90 Å². The van der Waals surface area contributed by atoms with Gasteiger partial charge < -0.3 is 4.90 Å². The van der Waals surface area contributed by atoms with E-state index in [0.29, 0.717) is 6.42 Å². The van der Waals surface area contributed by atoms with Crippen LogP contribution in [0.25, 0.3) is 10.7 Å². The molecule has 2 aromatic heterocycles. The quantitative estimate of drug-likeness (QED) is 0.717. The summed E-state index contributed by atoms with van der Waals surface area (Å²) in [6, 6.07) is 12.0. The first-order valence-corrected chi connectivity index (χ1v) is 9.35. The Morgan fingerprint density at radius 1 is 1.24 bits per heavy atom. The third-order valence-electron chi connectivity index (χ3n) is 4.49. The maximum absolute atomic E-state index is 12.9. The Balaban J connectivity index is 1.55. The molecule has 0 saturated heterocycles. The second-order valence-electron chi connectivity index (χ2n) is 6.27. The Labute approximate surface area is 151 Å². The molecule has 0 unspecified atom stereocenters. The highest BCUT2D eigenvalue weighted by molar-refractivity contribution is 7.13. The molecule has 0 spiro atoms. The van der Waals surface area contributed by atoms with Gasteiger partial charge in [0.1, 0.15) is 5.01 Å². The van der Waals surface area contributed by atoms with Crippen molar-refractivity contribution in [2.75, 3.05) is 11.4 Å². The number of rotatable bonds is 3. The molecule has 4 nitrogen and oxygen atoms in total. The summed E-state index contributed by atoms with van der Waals surface area (Å²) in [5.41, 5.74) is 5.20. The fraction of sp³-hybridized carbons (Fsp3) is 0.250. The van der Waals surface area contributed by atoms with E-state index in [2.05, 4.69) is 35.1 Å². The van der Waals surface area contributed by atoms with Crippen molar-refractivity contribution in [2.45, 2.75) is 26.2 Å². The van der Waals surface area contributed by atoms with E-state index in [4.69, 9.17) is 0 Å². The molecule has 0 bridgehead atoms. The lowest BCUT2D eigenvalue weighted by Crippen LogP contribution is -2.37. The smallest absolute Gasteiger partial charge is 0.233 e. The van der Waals surface area contributed by atoms with Gasteiger partial charge in [-0.3, -0.25) is 9.78 Å². The molecule has 0 radical (unpaired) electrons. The lowest BCUT2D eigenvalue weighted by Gasteiger charge is -2.31. The first kappa shape index (κ1) is 16.0. The zero-order valence-corrected chi connectivity index (χ0v) is 14.9. The lowest BCUT2D eigenvalue weighted by molar-refractivity contribution is -0.118. The van der Waals surface area contributed by atoms with Crippen LogP contribution in [0.3, 0.4) is 0 Å². The van der Waals surface area contributed by atoms with Crippen LogP contribution in [-0.4, -0.2) is 22.4 Å². The van der Waals surface area contributed by atoms with Crippen molar-refractivity contribution in [3.05, 3.63) is 64.8 Å². The van der Waals surface area contributed by atoms with Gasteiger partial charge >= 0.3 is 0 Å². The summed E-state index contributed by atoms with van der Waals surface area (Å²) in [5.74, 6) is 0.119. The number of carbonyl (C=O) groups is 1. The fourth-order valence-corrected chi connectivity index (χ4v) is 4.14. The largest absolute Gasteiger partial charge is 0.312 e. The van der Waals surface area contributed by atoms with E-state index < -0.39 is 0 Å². The molecule has 3 heterocycles. The average molecular weight is 349 g/mol. The van der Waals surface area contributed by atoms with Gasteiger partial charge in [-0.25, -0.2) is 4.98 Å². The van der Waals surface area contributed by atoms with Gasteiger partial charge in [-0.1, -0.05) is 24.3 Å². The lowest BCUT2D eigenvalue weighted by atomic mass is 9.98. The van der Waals surface area contributed by atoms with Crippen molar-refractivity contribution in [3.63, 3.8) is 0 Å². The third kappa shape index (κ3) is 3.20. The van der Waals surface area contributed by atoms with Gasteiger partial charge in [0.15, 0.2) is 0 Å². The number of hydrogen-bond acceptors (Lipinski definition) is 4. The molecule has 0 fully saturated rings. The molecule has 0 atom stereocenters. The molecule has 1 amide bonds. The highest BCUT2D eigenvalue weighted by atomic mass is 32.1. The summed E-state index contributed by atoms with van der Waals surface area (Å²) in [4.78, 5) is 23.8. The van der Waals surface area contributed by atoms with Crippen molar-refractivity contribution in [2.24, 2.45) is 0 Å². The Morgan fingerprint density at radius 2 is 2.16 bits per heavy atom. The molecule has 0 aliphatic carbocycles. The number of benzene rings is 1. The van der Waals surface area contributed by atoms with Crippen molar-refractivity contribution in [1.82, 2.24) is 9.97 Å².